The van der Waals surface area contributed by atoms with Crippen LogP contribution in [0.3, 0.4) is 0 Å². The van der Waals surface area contributed by atoms with E-state index in [4.69, 9.17) is 9.47 Å². The van der Waals surface area contributed by atoms with Gasteiger partial charge >= 0.3 is 12.2 Å². The van der Waals surface area contributed by atoms with E-state index in [2.05, 4.69) is 26.0 Å². The fraction of sp³-hybridized carbons (Fsp3) is 0.444. The number of benzene rings is 3. The largest absolute Gasteiger partial charge is 0.465 e. The number of amides is 5. The number of anilines is 2. The highest BCUT2D eigenvalue weighted by molar-refractivity contribution is 6.01. The number of aliphatic hydroxyl groups is 1. The number of alkyl carbamates (subject to hydrolysis) is 2. The first kappa shape index (κ1) is 44.8. The normalized spacial score (nSPS) is 22.1. The first-order valence-electron chi connectivity index (χ1n) is 20.9. The zero-order valence-corrected chi connectivity index (χ0v) is 35.8. The molecule has 16 nitrogen and oxygen atoms in total. The second-order valence-corrected chi connectivity index (χ2v) is 16.8. The van der Waals surface area contributed by atoms with Gasteiger partial charge in [-0.3, -0.25) is 19.3 Å². The fourth-order valence-corrected chi connectivity index (χ4v) is 8.64. The number of carbonyl (C=O) groups excluding carboxylic acids is 5. The maximum atomic E-state index is 14.9. The van der Waals surface area contributed by atoms with Crippen molar-refractivity contribution in [2.45, 2.75) is 89.5 Å². The fourth-order valence-electron chi connectivity index (χ4n) is 8.64. The van der Waals surface area contributed by atoms with Crippen LogP contribution in [0.2, 0.25) is 0 Å². The molecule has 3 aliphatic rings. The first-order valence-corrected chi connectivity index (χ1v) is 20.9. The summed E-state index contributed by atoms with van der Waals surface area (Å²) in [5, 5.41) is 22.9. The lowest BCUT2D eigenvalue weighted by Crippen LogP contribution is -2.57. The first-order chi connectivity index (χ1) is 30.1. The van der Waals surface area contributed by atoms with Gasteiger partial charge in [-0.1, -0.05) is 58.0 Å². The minimum Gasteiger partial charge on any atom is -0.465 e. The summed E-state index contributed by atoms with van der Waals surface area (Å²) < 4.78 is 47.9. The number of alkyl halides is 2. The number of aliphatic hydroxyl groups excluding tert-OH is 1. The molecule has 18 heteroatoms. The highest BCUT2D eigenvalue weighted by Crippen LogP contribution is 2.45. The number of aromatic nitrogens is 1. The maximum Gasteiger partial charge on any atom is 0.407 e. The number of rotatable bonds is 12. The lowest BCUT2D eigenvalue weighted by Gasteiger charge is -2.35. The number of ether oxygens (including phenoxy) is 3. The number of halogens is 2. The van der Waals surface area contributed by atoms with Gasteiger partial charge in [-0.25, -0.2) is 18.4 Å². The Hall–Kier alpha value is -6.27. The van der Waals surface area contributed by atoms with Gasteiger partial charge in [-0.15, -0.1) is 0 Å². The molecule has 3 aliphatic heterocycles. The van der Waals surface area contributed by atoms with Gasteiger partial charge < -0.3 is 50.1 Å². The highest BCUT2D eigenvalue weighted by Gasteiger charge is 2.45. The summed E-state index contributed by atoms with van der Waals surface area (Å²) in [5.74, 6) is -1.89. The third-order valence-electron chi connectivity index (χ3n) is 11.9. The van der Waals surface area contributed by atoms with Crippen molar-refractivity contribution < 1.29 is 52.1 Å². The summed E-state index contributed by atoms with van der Waals surface area (Å²) in [4.78, 5) is 67.7. The van der Waals surface area contributed by atoms with Gasteiger partial charge in [0, 0.05) is 53.3 Å². The zero-order valence-electron chi connectivity index (χ0n) is 35.8. The number of hydrogen-bond donors (Lipinski definition) is 5. The molecule has 0 aliphatic carbocycles. The van der Waals surface area contributed by atoms with Crippen LogP contribution in [-0.2, 0) is 23.9 Å². The summed E-state index contributed by atoms with van der Waals surface area (Å²) >= 11 is 0. The molecule has 5 N–H and O–H groups in total. The average Bonchev–Trinajstić information content (AvgIpc) is 3.98. The minimum absolute atomic E-state index is 0.160. The van der Waals surface area contributed by atoms with Crippen molar-refractivity contribution in [3.63, 3.8) is 0 Å². The van der Waals surface area contributed by atoms with Crippen LogP contribution in [0.25, 0.3) is 22.2 Å². The molecule has 4 heterocycles. The summed E-state index contributed by atoms with van der Waals surface area (Å²) in [6.07, 6.45) is -6.80. The highest BCUT2D eigenvalue weighted by atomic mass is 19.1. The van der Waals surface area contributed by atoms with E-state index in [1.807, 2.05) is 47.0 Å². The summed E-state index contributed by atoms with van der Waals surface area (Å²) in [6, 6.07) is 17.9. The van der Waals surface area contributed by atoms with Crippen LogP contribution in [0, 0.1) is 11.8 Å². The zero-order chi connectivity index (χ0) is 45.3. The molecule has 2 saturated heterocycles. The Balaban J connectivity index is 1.14. The molecule has 8 atom stereocenters. The number of likely N-dealkylation sites (tertiary alicyclic amines) is 2. The lowest BCUT2D eigenvalue weighted by atomic mass is 10.0. The number of carbonyl (C=O) groups is 5. The quantitative estimate of drug-likeness (QED) is 0.121. The van der Waals surface area contributed by atoms with Crippen LogP contribution < -0.4 is 26.0 Å². The number of hydrogen-bond acceptors (Lipinski definition) is 10. The van der Waals surface area contributed by atoms with E-state index in [1.165, 1.54) is 24.0 Å². The molecule has 2 unspecified atom stereocenters. The van der Waals surface area contributed by atoms with E-state index >= 15 is 0 Å². The molecule has 4 aromatic rings. The SMILES string of the molecule is COC(=O)N[C@@H](C(C)C)C(O)N1C[C@H](F)C[C@H]1C(=O)Nc1ccc2c(c1)OC(c1ccccc1)n1c-2cc2cc(NC(=O)[C@@H]3C[C@H](F)CN3C(=O)[C@@H](NC(=O)OC)C(C)C)ccc21. The van der Waals surface area contributed by atoms with E-state index < -0.39 is 78.9 Å². The Bertz CT molecular complexity index is 2360. The second-order valence-electron chi connectivity index (χ2n) is 16.8. The molecule has 0 radical (unpaired) electrons. The van der Waals surface area contributed by atoms with Gasteiger partial charge in [0.05, 0.1) is 44.1 Å². The second kappa shape index (κ2) is 18.6. The molecule has 1 aromatic heterocycles. The molecule has 63 heavy (non-hydrogen) atoms. The Morgan fingerprint density at radius 2 is 1.38 bits per heavy atom. The third-order valence-corrected chi connectivity index (χ3v) is 11.9. The molecule has 2 fully saturated rings. The van der Waals surface area contributed by atoms with Crippen molar-refractivity contribution in [2.24, 2.45) is 11.8 Å². The van der Waals surface area contributed by atoms with Crippen LogP contribution in [-0.4, -0.2) is 119 Å². The Kier molecular flexibility index (Phi) is 13.2. The number of nitrogens with zero attached hydrogens (tertiary/aromatic N) is 3. The lowest BCUT2D eigenvalue weighted by molar-refractivity contribution is -0.139. The van der Waals surface area contributed by atoms with Crippen molar-refractivity contribution in [3.8, 4) is 17.0 Å². The van der Waals surface area contributed by atoms with E-state index in [9.17, 15) is 37.9 Å². The number of nitrogens with one attached hydrogen (secondary N) is 4. The third kappa shape index (κ3) is 9.27. The summed E-state index contributed by atoms with van der Waals surface area (Å²) in [7, 11) is 2.37. The van der Waals surface area contributed by atoms with Gasteiger partial charge in [0.1, 0.15) is 36.4 Å². The predicted molar refractivity (Wildman–Crippen MR) is 229 cm³/mol. The molecule has 336 valence electrons. The molecule has 0 bridgehead atoms. The van der Waals surface area contributed by atoms with Gasteiger partial charge in [-0.2, -0.15) is 0 Å². The van der Waals surface area contributed by atoms with Crippen molar-refractivity contribution >= 4 is 52.2 Å². The topological polar surface area (TPSA) is 193 Å². The van der Waals surface area contributed by atoms with Gasteiger partial charge in [0.25, 0.3) is 0 Å². The van der Waals surface area contributed by atoms with Crippen LogP contribution in [0.15, 0.2) is 72.8 Å². The van der Waals surface area contributed by atoms with Crippen molar-refractivity contribution in [1.29, 1.82) is 0 Å². The van der Waals surface area contributed by atoms with Crippen LogP contribution in [0.5, 0.6) is 5.75 Å². The summed E-state index contributed by atoms with van der Waals surface area (Å²) in [6.45, 7) is 6.51. The molecule has 3 aromatic carbocycles. The average molecular weight is 874 g/mol. The van der Waals surface area contributed by atoms with Gasteiger partial charge in [0.2, 0.25) is 23.9 Å². The number of methoxy groups -OCH3 is 2. The monoisotopic (exact) mass is 873 g/mol. The van der Waals surface area contributed by atoms with Crippen molar-refractivity contribution in [1.82, 2.24) is 25.0 Å². The smallest absolute Gasteiger partial charge is 0.407 e. The minimum atomic E-state index is -1.44. The van der Waals surface area contributed by atoms with Crippen LogP contribution in [0.1, 0.15) is 52.3 Å². The standard InChI is InChI=1S/C45H53F2N7O9/c1-23(2)37(50-44(59)61-5)41(57)52-21-27(46)18-34(52)39(55)48-29-13-15-32-26(16-29)17-33-31-14-12-30(20-36(31)63-43(54(32)33)25-10-8-7-9-11-25)49-40(56)35-19-28(47)22-53(35)42(58)38(24(3)4)51-45(60)62-6/h7-17,20,23-24,27-28,34-35,37-38,42-43,58H,18-19,21-22H2,1-6H3,(H,48,55)(H,49,56)(H,50,59)(H,51,60)/t27-,28+,34-,35-,37-,38-,42?,43?/m0/s1. The van der Waals surface area contributed by atoms with Crippen molar-refractivity contribution in [2.75, 3.05) is 37.9 Å². The molecule has 5 amide bonds. The molecular weight excluding hydrogens is 821 g/mol. The number of fused-ring (bicyclic) bond motifs is 5. The van der Waals surface area contributed by atoms with E-state index in [-0.39, 0.29) is 37.8 Å². The Morgan fingerprint density at radius 3 is 2.05 bits per heavy atom. The molecule has 7 rings (SSSR count). The molecule has 0 saturated carbocycles. The predicted octanol–water partition coefficient (Wildman–Crippen LogP) is 5.56. The van der Waals surface area contributed by atoms with Crippen LogP contribution >= 0.6 is 0 Å². The van der Waals surface area contributed by atoms with Crippen molar-refractivity contribution in [3.05, 3.63) is 78.4 Å². The van der Waals surface area contributed by atoms with Crippen LogP contribution in [0.4, 0.5) is 29.7 Å². The Morgan fingerprint density at radius 1 is 0.762 bits per heavy atom. The molecular formula is C45H53F2N7O9. The molecule has 0 spiro atoms. The van der Waals surface area contributed by atoms with E-state index in [1.54, 1.807) is 58.0 Å². The van der Waals surface area contributed by atoms with E-state index in [0.29, 0.717) is 22.7 Å². The van der Waals surface area contributed by atoms with Gasteiger partial charge in [-0.05, 0) is 48.2 Å². The Labute approximate surface area is 363 Å². The summed E-state index contributed by atoms with van der Waals surface area (Å²) in [5.41, 5.74) is 3.86. The van der Waals surface area contributed by atoms with Gasteiger partial charge in [0.15, 0.2) is 0 Å². The van der Waals surface area contributed by atoms with E-state index in [0.717, 1.165) is 22.2 Å². The maximum absolute atomic E-state index is 14.9.